The Hall–Kier alpha value is -1.64. The second-order valence-electron chi connectivity index (χ2n) is 3.52. The number of hydrogen-bond donors (Lipinski definition) is 0. The Morgan fingerprint density at radius 3 is 2.50 bits per heavy atom. The van der Waals surface area contributed by atoms with Gasteiger partial charge in [-0.15, -0.1) is 0 Å². The predicted octanol–water partition coefficient (Wildman–Crippen LogP) is 2.49. The van der Waals surface area contributed by atoms with E-state index in [2.05, 4.69) is 6.92 Å². The lowest BCUT2D eigenvalue weighted by atomic mass is 10.1. The molecule has 0 aliphatic heterocycles. The van der Waals surface area contributed by atoms with Crippen LogP contribution in [0.3, 0.4) is 0 Å². The van der Waals surface area contributed by atoms with Crippen molar-refractivity contribution in [1.29, 1.82) is 0 Å². The van der Waals surface area contributed by atoms with E-state index in [1.165, 1.54) is 0 Å². The van der Waals surface area contributed by atoms with Gasteiger partial charge < -0.3 is 4.74 Å². The van der Waals surface area contributed by atoms with Crippen molar-refractivity contribution in [2.75, 3.05) is 6.61 Å². The van der Waals surface area contributed by atoms with Crippen molar-refractivity contribution in [3.8, 4) is 0 Å². The van der Waals surface area contributed by atoms with Gasteiger partial charge in [0, 0.05) is 5.56 Å². The smallest absolute Gasteiger partial charge is 0.338 e. The third kappa shape index (κ3) is 3.85. The molecule has 1 rings (SSSR count). The van der Waals surface area contributed by atoms with Crippen molar-refractivity contribution in [3.63, 3.8) is 0 Å². The molecule has 16 heavy (non-hydrogen) atoms. The van der Waals surface area contributed by atoms with Crippen LogP contribution in [0.2, 0.25) is 0 Å². The van der Waals surface area contributed by atoms with E-state index in [1.807, 2.05) is 0 Å². The van der Waals surface area contributed by atoms with Crippen LogP contribution in [-0.2, 0) is 9.53 Å². The molecule has 0 saturated heterocycles. The third-order valence-electron chi connectivity index (χ3n) is 2.22. The number of unbranched alkanes of at least 4 members (excludes halogenated alkanes) is 2. The van der Waals surface area contributed by atoms with E-state index >= 15 is 0 Å². The zero-order valence-corrected chi connectivity index (χ0v) is 9.36. The van der Waals surface area contributed by atoms with Gasteiger partial charge in [-0.05, 0) is 18.6 Å². The van der Waals surface area contributed by atoms with Gasteiger partial charge in [-0.2, -0.15) is 0 Å². The quantitative estimate of drug-likeness (QED) is 0.545. The normalized spacial score (nSPS) is 9.81. The summed E-state index contributed by atoms with van der Waals surface area (Å²) in [5.74, 6) is -0.339. The van der Waals surface area contributed by atoms with E-state index in [4.69, 9.17) is 4.74 Å². The van der Waals surface area contributed by atoms with Crippen molar-refractivity contribution in [2.45, 2.75) is 26.2 Å². The molecule has 3 heteroatoms. The summed E-state index contributed by atoms with van der Waals surface area (Å²) in [7, 11) is 0. The molecule has 1 radical (unpaired) electrons. The van der Waals surface area contributed by atoms with Crippen LogP contribution in [0.5, 0.6) is 0 Å². The van der Waals surface area contributed by atoms with Crippen LogP contribution in [0.4, 0.5) is 0 Å². The van der Waals surface area contributed by atoms with Crippen molar-refractivity contribution < 1.29 is 14.3 Å². The third-order valence-corrected chi connectivity index (χ3v) is 2.22. The molecular formula is C13H15O3. The van der Waals surface area contributed by atoms with Crippen LogP contribution >= 0.6 is 0 Å². The Labute approximate surface area is 95.4 Å². The number of carbonyl (C=O) groups is 1. The first-order chi connectivity index (χ1) is 7.77. The highest BCUT2D eigenvalue weighted by atomic mass is 16.5. The first-order valence-electron chi connectivity index (χ1n) is 5.43. The summed E-state index contributed by atoms with van der Waals surface area (Å²) in [5.41, 5.74) is 0.901. The monoisotopic (exact) mass is 219 g/mol. The van der Waals surface area contributed by atoms with Crippen LogP contribution in [0.15, 0.2) is 24.3 Å². The van der Waals surface area contributed by atoms with Crippen molar-refractivity contribution in [2.24, 2.45) is 0 Å². The fourth-order valence-electron chi connectivity index (χ4n) is 1.27. The van der Waals surface area contributed by atoms with E-state index < -0.39 is 0 Å². The summed E-state index contributed by atoms with van der Waals surface area (Å²) in [6.45, 7) is 2.55. The summed E-state index contributed by atoms with van der Waals surface area (Å²) in [6, 6.07) is 6.25. The maximum atomic E-state index is 11.5. The van der Waals surface area contributed by atoms with E-state index in [9.17, 15) is 9.59 Å². The average molecular weight is 219 g/mol. The molecule has 1 aromatic rings. The summed E-state index contributed by atoms with van der Waals surface area (Å²) in [5, 5.41) is 0. The largest absolute Gasteiger partial charge is 0.462 e. The molecule has 0 amide bonds. The van der Waals surface area contributed by atoms with Gasteiger partial charge in [0.1, 0.15) is 0 Å². The maximum Gasteiger partial charge on any atom is 0.338 e. The Kier molecular flexibility index (Phi) is 5.26. The molecular weight excluding hydrogens is 204 g/mol. The van der Waals surface area contributed by atoms with Crippen molar-refractivity contribution in [3.05, 3.63) is 35.4 Å². The maximum absolute atomic E-state index is 11.5. The highest BCUT2D eigenvalue weighted by Crippen LogP contribution is 2.05. The molecule has 0 bridgehead atoms. The standard InChI is InChI=1S/C13H15O3/c1-2-3-4-9-16-13(15)12-7-5-11(10-14)6-8-12/h5-8H,2-4,9H2,1H3. The van der Waals surface area contributed by atoms with Gasteiger partial charge in [-0.1, -0.05) is 31.9 Å². The summed E-state index contributed by atoms with van der Waals surface area (Å²) in [6.07, 6.45) is 4.80. The number of benzene rings is 1. The van der Waals surface area contributed by atoms with Crippen molar-refractivity contribution in [1.82, 2.24) is 0 Å². The van der Waals surface area contributed by atoms with Gasteiger partial charge in [0.05, 0.1) is 12.2 Å². The van der Waals surface area contributed by atoms with E-state index in [1.54, 1.807) is 30.6 Å². The summed E-state index contributed by atoms with van der Waals surface area (Å²) >= 11 is 0. The van der Waals surface area contributed by atoms with Crippen LogP contribution < -0.4 is 0 Å². The number of hydrogen-bond acceptors (Lipinski definition) is 3. The Balaban J connectivity index is 2.43. The van der Waals surface area contributed by atoms with Crippen molar-refractivity contribution >= 4 is 12.3 Å². The average Bonchev–Trinajstić information content (AvgIpc) is 2.34. The van der Waals surface area contributed by atoms with Gasteiger partial charge >= 0.3 is 5.97 Å². The molecule has 0 aromatic heterocycles. The second kappa shape index (κ2) is 6.77. The Bertz CT molecular complexity index is 341. The zero-order valence-electron chi connectivity index (χ0n) is 9.36. The fraction of sp³-hybridized carbons (Fsp3) is 0.385. The van der Waals surface area contributed by atoms with E-state index in [0.29, 0.717) is 17.7 Å². The molecule has 0 saturated carbocycles. The lowest BCUT2D eigenvalue weighted by Crippen LogP contribution is -2.06. The molecule has 85 valence electrons. The highest BCUT2D eigenvalue weighted by Gasteiger charge is 2.06. The van der Waals surface area contributed by atoms with E-state index in [0.717, 1.165) is 19.3 Å². The lowest BCUT2D eigenvalue weighted by Gasteiger charge is -2.03. The van der Waals surface area contributed by atoms with Crippen LogP contribution in [0.25, 0.3) is 0 Å². The first-order valence-corrected chi connectivity index (χ1v) is 5.43. The van der Waals surface area contributed by atoms with Gasteiger partial charge in [0.2, 0.25) is 6.29 Å². The zero-order chi connectivity index (χ0) is 11.8. The Morgan fingerprint density at radius 2 is 1.94 bits per heavy atom. The second-order valence-corrected chi connectivity index (χ2v) is 3.52. The molecule has 0 atom stereocenters. The van der Waals surface area contributed by atoms with Gasteiger partial charge in [0.15, 0.2) is 0 Å². The molecule has 0 aliphatic rings. The lowest BCUT2D eigenvalue weighted by molar-refractivity contribution is 0.0498. The van der Waals surface area contributed by atoms with Gasteiger partial charge in [0.25, 0.3) is 0 Å². The van der Waals surface area contributed by atoms with E-state index in [-0.39, 0.29) is 5.97 Å². The van der Waals surface area contributed by atoms with Crippen LogP contribution in [0, 0.1) is 0 Å². The molecule has 0 spiro atoms. The number of rotatable bonds is 6. The molecule has 0 aliphatic carbocycles. The number of carbonyl (C=O) groups excluding carboxylic acids is 2. The minimum absolute atomic E-state index is 0.339. The molecule has 0 heterocycles. The highest BCUT2D eigenvalue weighted by molar-refractivity contribution is 5.90. The minimum atomic E-state index is -0.339. The summed E-state index contributed by atoms with van der Waals surface area (Å²) < 4.78 is 5.07. The summed E-state index contributed by atoms with van der Waals surface area (Å²) in [4.78, 5) is 21.8. The fourth-order valence-corrected chi connectivity index (χ4v) is 1.27. The first kappa shape index (κ1) is 12.4. The van der Waals surface area contributed by atoms with Crippen LogP contribution in [0.1, 0.15) is 42.1 Å². The molecule has 1 aromatic carbocycles. The van der Waals surface area contributed by atoms with Crippen LogP contribution in [-0.4, -0.2) is 18.9 Å². The number of ether oxygens (including phenoxy) is 1. The molecule has 0 N–H and O–H groups in total. The molecule has 0 unspecified atom stereocenters. The molecule has 3 nitrogen and oxygen atoms in total. The number of esters is 1. The van der Waals surface area contributed by atoms with Gasteiger partial charge in [-0.25, -0.2) is 4.79 Å². The van der Waals surface area contributed by atoms with Gasteiger partial charge in [-0.3, -0.25) is 4.79 Å². The molecule has 0 fully saturated rings. The predicted molar refractivity (Wildman–Crippen MR) is 61.0 cm³/mol. The topological polar surface area (TPSA) is 43.4 Å². The SMILES string of the molecule is CCCCCOC(=O)c1ccc([C]=O)cc1. The minimum Gasteiger partial charge on any atom is -0.462 e. The Morgan fingerprint density at radius 1 is 1.25 bits per heavy atom.